The molecule has 1 amide bonds. The topological polar surface area (TPSA) is 80.0 Å². The van der Waals surface area contributed by atoms with Gasteiger partial charge >= 0.3 is 0 Å². The van der Waals surface area contributed by atoms with Gasteiger partial charge in [0.2, 0.25) is 0 Å². The summed E-state index contributed by atoms with van der Waals surface area (Å²) in [7, 11) is 0. The number of nitrogens with one attached hydrogen (secondary N) is 2. The van der Waals surface area contributed by atoms with E-state index >= 15 is 0 Å². The second-order valence-electron chi connectivity index (χ2n) is 5.35. The molecule has 6 nitrogen and oxygen atoms in total. The van der Waals surface area contributed by atoms with Crippen LogP contribution < -0.4 is 10.6 Å². The molecule has 0 atom stereocenters. The number of furan rings is 1. The molecule has 0 saturated heterocycles. The Morgan fingerprint density at radius 3 is 2.64 bits per heavy atom. The van der Waals surface area contributed by atoms with Crippen LogP contribution in [-0.4, -0.2) is 22.4 Å². The summed E-state index contributed by atoms with van der Waals surface area (Å²) in [6, 6.07) is 11.2. The zero-order valence-electron chi connectivity index (χ0n) is 13.4. The minimum Gasteiger partial charge on any atom is -0.467 e. The second-order valence-corrected chi connectivity index (χ2v) is 5.79. The molecule has 0 fully saturated rings. The predicted octanol–water partition coefficient (Wildman–Crippen LogP) is 3.31. The number of amides is 1. The molecular formula is C18H17ClN4O2. The number of carbonyl (C=O) groups excluding carboxylic acids is 1. The molecule has 128 valence electrons. The smallest absolute Gasteiger partial charge is 0.271 e. The highest BCUT2D eigenvalue weighted by atomic mass is 35.5. The van der Waals surface area contributed by atoms with Crippen molar-refractivity contribution in [2.45, 2.75) is 13.0 Å². The lowest BCUT2D eigenvalue weighted by Crippen LogP contribution is -2.26. The number of aromatic nitrogens is 2. The van der Waals surface area contributed by atoms with Crippen molar-refractivity contribution in [1.82, 2.24) is 15.3 Å². The van der Waals surface area contributed by atoms with Gasteiger partial charge in [0.1, 0.15) is 17.3 Å². The number of hydrogen-bond donors (Lipinski definition) is 2. The average Bonchev–Trinajstić information content (AvgIpc) is 3.15. The lowest BCUT2D eigenvalue weighted by atomic mass is 10.1. The number of anilines is 1. The van der Waals surface area contributed by atoms with Gasteiger partial charge in [-0.2, -0.15) is 0 Å². The molecule has 0 unspecified atom stereocenters. The van der Waals surface area contributed by atoms with Crippen LogP contribution in [0.4, 0.5) is 5.82 Å². The van der Waals surface area contributed by atoms with Crippen molar-refractivity contribution < 1.29 is 9.21 Å². The molecule has 0 saturated carbocycles. The average molecular weight is 357 g/mol. The summed E-state index contributed by atoms with van der Waals surface area (Å²) in [5.41, 5.74) is 1.38. The molecule has 0 aliphatic rings. The number of nitrogens with zero attached hydrogens (tertiary/aromatic N) is 2. The highest BCUT2D eigenvalue weighted by Crippen LogP contribution is 2.10. The van der Waals surface area contributed by atoms with E-state index in [0.717, 1.165) is 17.7 Å². The Balaban J connectivity index is 1.46. The first kappa shape index (κ1) is 17.0. The van der Waals surface area contributed by atoms with Crippen LogP contribution in [0.1, 0.15) is 21.8 Å². The molecule has 2 N–H and O–H groups in total. The van der Waals surface area contributed by atoms with E-state index in [2.05, 4.69) is 20.6 Å². The van der Waals surface area contributed by atoms with E-state index in [4.69, 9.17) is 16.0 Å². The van der Waals surface area contributed by atoms with Gasteiger partial charge in [-0.3, -0.25) is 4.79 Å². The highest BCUT2D eigenvalue weighted by Gasteiger charge is 2.07. The standard InChI is InChI=1S/C18H17ClN4O2/c19-14-5-3-13(4-6-14)7-8-20-18(24)16-11-23-17(12-21-16)22-10-15-2-1-9-25-15/h1-6,9,11-12H,7-8,10H2,(H,20,24)(H,22,23). The number of hydrogen-bond acceptors (Lipinski definition) is 5. The minimum absolute atomic E-state index is 0.251. The van der Waals surface area contributed by atoms with Crippen LogP contribution >= 0.6 is 11.6 Å². The Labute approximate surface area is 150 Å². The maximum absolute atomic E-state index is 12.1. The van der Waals surface area contributed by atoms with Crippen LogP contribution in [0.2, 0.25) is 5.02 Å². The van der Waals surface area contributed by atoms with E-state index < -0.39 is 0 Å². The maximum atomic E-state index is 12.1. The number of halogens is 1. The molecule has 0 radical (unpaired) electrons. The molecule has 3 aromatic rings. The van der Waals surface area contributed by atoms with E-state index in [1.165, 1.54) is 12.4 Å². The summed E-state index contributed by atoms with van der Waals surface area (Å²) in [4.78, 5) is 20.4. The van der Waals surface area contributed by atoms with Gasteiger partial charge < -0.3 is 15.1 Å². The minimum atomic E-state index is -0.251. The van der Waals surface area contributed by atoms with Crippen LogP contribution in [0.5, 0.6) is 0 Å². The third-order valence-corrected chi connectivity index (χ3v) is 3.77. The van der Waals surface area contributed by atoms with Gasteiger partial charge in [0.05, 0.1) is 25.2 Å². The molecule has 25 heavy (non-hydrogen) atoms. The van der Waals surface area contributed by atoms with Gasteiger partial charge in [-0.05, 0) is 36.2 Å². The van der Waals surface area contributed by atoms with Gasteiger partial charge in [0.15, 0.2) is 0 Å². The first-order chi connectivity index (χ1) is 12.2. The quantitative estimate of drug-likeness (QED) is 0.679. The molecule has 2 heterocycles. The lowest BCUT2D eigenvalue weighted by Gasteiger charge is -2.06. The molecule has 0 bridgehead atoms. The summed E-state index contributed by atoms with van der Waals surface area (Å²) in [5.74, 6) is 1.12. The fraction of sp³-hybridized carbons (Fsp3) is 0.167. The van der Waals surface area contributed by atoms with Crippen molar-refractivity contribution in [2.75, 3.05) is 11.9 Å². The van der Waals surface area contributed by atoms with Crippen molar-refractivity contribution in [3.8, 4) is 0 Å². The molecule has 3 rings (SSSR count). The number of rotatable bonds is 7. The monoisotopic (exact) mass is 356 g/mol. The highest BCUT2D eigenvalue weighted by molar-refractivity contribution is 6.30. The molecule has 2 aromatic heterocycles. The van der Waals surface area contributed by atoms with E-state index in [1.54, 1.807) is 6.26 Å². The van der Waals surface area contributed by atoms with Gasteiger partial charge in [-0.15, -0.1) is 0 Å². The van der Waals surface area contributed by atoms with Crippen molar-refractivity contribution in [2.24, 2.45) is 0 Å². The van der Waals surface area contributed by atoms with E-state index in [9.17, 15) is 4.79 Å². The van der Waals surface area contributed by atoms with Gasteiger partial charge in [0.25, 0.3) is 5.91 Å². The van der Waals surface area contributed by atoms with Gasteiger partial charge in [0, 0.05) is 11.6 Å². The molecule has 1 aromatic carbocycles. The van der Waals surface area contributed by atoms with Gasteiger partial charge in [-0.25, -0.2) is 9.97 Å². The zero-order valence-corrected chi connectivity index (χ0v) is 14.2. The number of carbonyl (C=O) groups is 1. The summed E-state index contributed by atoms with van der Waals surface area (Å²) < 4.78 is 5.22. The Bertz CT molecular complexity index is 802. The fourth-order valence-corrected chi connectivity index (χ4v) is 2.32. The Hall–Kier alpha value is -2.86. The molecule has 0 aliphatic carbocycles. The molecule has 0 spiro atoms. The Morgan fingerprint density at radius 2 is 1.96 bits per heavy atom. The molecule has 0 aliphatic heterocycles. The van der Waals surface area contributed by atoms with Crippen molar-refractivity contribution in [3.63, 3.8) is 0 Å². The second kappa shape index (κ2) is 8.30. The van der Waals surface area contributed by atoms with Crippen molar-refractivity contribution >= 4 is 23.3 Å². The SMILES string of the molecule is O=C(NCCc1ccc(Cl)cc1)c1cnc(NCc2ccco2)cn1. The summed E-state index contributed by atoms with van der Waals surface area (Å²) >= 11 is 5.85. The molecule has 7 heteroatoms. The lowest BCUT2D eigenvalue weighted by molar-refractivity contribution is 0.0949. The number of benzene rings is 1. The summed E-state index contributed by atoms with van der Waals surface area (Å²) in [6.07, 6.45) is 5.30. The third kappa shape index (κ3) is 5.06. The Kier molecular flexibility index (Phi) is 5.64. The summed E-state index contributed by atoms with van der Waals surface area (Å²) in [5, 5.41) is 6.60. The van der Waals surface area contributed by atoms with Crippen LogP contribution in [0, 0.1) is 0 Å². The third-order valence-electron chi connectivity index (χ3n) is 3.52. The van der Waals surface area contributed by atoms with Crippen molar-refractivity contribution in [3.05, 3.63) is 77.1 Å². The van der Waals surface area contributed by atoms with Crippen molar-refractivity contribution in [1.29, 1.82) is 0 Å². The van der Waals surface area contributed by atoms with Crippen LogP contribution in [0.15, 0.2) is 59.5 Å². The molecular weight excluding hydrogens is 340 g/mol. The van der Waals surface area contributed by atoms with Crippen LogP contribution in [-0.2, 0) is 13.0 Å². The van der Waals surface area contributed by atoms with Crippen LogP contribution in [0.3, 0.4) is 0 Å². The fourth-order valence-electron chi connectivity index (χ4n) is 2.19. The zero-order chi connectivity index (χ0) is 17.5. The first-order valence-corrected chi connectivity index (χ1v) is 8.19. The normalized spacial score (nSPS) is 10.4. The van der Waals surface area contributed by atoms with Crippen LogP contribution in [0.25, 0.3) is 0 Å². The van der Waals surface area contributed by atoms with E-state index in [1.807, 2.05) is 36.4 Å². The Morgan fingerprint density at radius 1 is 1.12 bits per heavy atom. The largest absolute Gasteiger partial charge is 0.467 e. The maximum Gasteiger partial charge on any atom is 0.271 e. The van der Waals surface area contributed by atoms with E-state index in [0.29, 0.717) is 23.9 Å². The van der Waals surface area contributed by atoms with Gasteiger partial charge in [-0.1, -0.05) is 23.7 Å². The first-order valence-electron chi connectivity index (χ1n) is 7.81. The van der Waals surface area contributed by atoms with E-state index in [-0.39, 0.29) is 11.6 Å². The summed E-state index contributed by atoms with van der Waals surface area (Å²) in [6.45, 7) is 1.02. The predicted molar refractivity (Wildman–Crippen MR) is 95.6 cm³/mol.